The number of fused-ring (bicyclic) bond motifs is 3. The van der Waals surface area contributed by atoms with Crippen molar-refractivity contribution >= 4 is 11.5 Å². The second-order valence-electron chi connectivity index (χ2n) is 6.09. The van der Waals surface area contributed by atoms with Gasteiger partial charge in [0.1, 0.15) is 5.69 Å². The monoisotopic (exact) mass is 380 g/mol. The highest BCUT2D eigenvalue weighted by atomic mass is 16.2. The van der Waals surface area contributed by atoms with Gasteiger partial charge in [0, 0.05) is 25.1 Å². The quantitative estimate of drug-likeness (QED) is 0.704. The molecule has 0 unspecified atom stereocenters. The van der Waals surface area contributed by atoms with Crippen molar-refractivity contribution in [3.8, 4) is 11.3 Å². The fourth-order valence-electron chi connectivity index (χ4n) is 2.95. The van der Waals surface area contributed by atoms with Crippen molar-refractivity contribution in [2.45, 2.75) is 47.6 Å². The van der Waals surface area contributed by atoms with Gasteiger partial charge >= 0.3 is 0 Å². The van der Waals surface area contributed by atoms with Gasteiger partial charge in [-0.15, -0.1) is 5.10 Å². The van der Waals surface area contributed by atoms with Crippen LogP contribution in [0.1, 0.15) is 52.3 Å². The van der Waals surface area contributed by atoms with E-state index in [2.05, 4.69) is 37.3 Å². The summed E-state index contributed by atoms with van der Waals surface area (Å²) in [6.07, 6.45) is 4.62. The minimum atomic E-state index is -0.0543. The number of hydrogen-bond donors (Lipinski definition) is 0. The highest BCUT2D eigenvalue weighted by Gasteiger charge is 2.26. The topological polar surface area (TPSA) is 51.0 Å². The van der Waals surface area contributed by atoms with Gasteiger partial charge in [0.15, 0.2) is 0 Å². The summed E-state index contributed by atoms with van der Waals surface area (Å²) in [4.78, 5) is 13.9. The van der Waals surface area contributed by atoms with Crippen molar-refractivity contribution < 1.29 is 4.79 Å². The van der Waals surface area contributed by atoms with Crippen molar-refractivity contribution in [1.82, 2.24) is 19.9 Å². The summed E-state index contributed by atoms with van der Waals surface area (Å²) < 4.78 is 1.75. The molecule has 0 atom stereocenters. The molecule has 1 aliphatic rings. The van der Waals surface area contributed by atoms with Gasteiger partial charge in [-0.3, -0.25) is 4.79 Å². The molecule has 0 fully saturated rings. The van der Waals surface area contributed by atoms with E-state index in [0.29, 0.717) is 17.9 Å². The van der Waals surface area contributed by atoms with Crippen LogP contribution in [0.15, 0.2) is 55.3 Å². The Morgan fingerprint density at radius 1 is 1.18 bits per heavy atom. The Balaban J connectivity index is 0.000000717. The van der Waals surface area contributed by atoms with Crippen LogP contribution in [0, 0.1) is 0 Å². The van der Waals surface area contributed by atoms with Crippen LogP contribution in [0.5, 0.6) is 0 Å². The van der Waals surface area contributed by atoms with E-state index in [-0.39, 0.29) is 5.91 Å². The molecule has 0 saturated carbocycles. The summed E-state index contributed by atoms with van der Waals surface area (Å²) in [6.45, 7) is 18.0. The number of carbonyl (C=O) groups excluding carboxylic acids is 1. The molecule has 1 amide bonds. The second-order valence-corrected chi connectivity index (χ2v) is 6.09. The number of allylic oxidation sites excluding steroid dienone is 3. The van der Waals surface area contributed by atoms with Crippen LogP contribution in [0.25, 0.3) is 16.8 Å². The summed E-state index contributed by atoms with van der Waals surface area (Å²) in [5, 5.41) is 8.46. The van der Waals surface area contributed by atoms with Gasteiger partial charge in [0.2, 0.25) is 5.91 Å². The average molecular weight is 381 g/mol. The van der Waals surface area contributed by atoms with E-state index in [9.17, 15) is 4.79 Å². The second kappa shape index (κ2) is 11.0. The number of hydrogen-bond acceptors (Lipinski definition) is 3. The molecule has 1 aliphatic heterocycles. The Morgan fingerprint density at radius 2 is 1.79 bits per heavy atom. The number of nitrogens with zero attached hydrogens (tertiary/aromatic N) is 4. The van der Waals surface area contributed by atoms with E-state index >= 15 is 0 Å². The summed E-state index contributed by atoms with van der Waals surface area (Å²) in [7, 11) is 1.86. The van der Waals surface area contributed by atoms with E-state index in [1.807, 2.05) is 45.2 Å². The summed E-state index contributed by atoms with van der Waals surface area (Å²) in [6, 6.07) is 7.98. The van der Waals surface area contributed by atoms with Gasteiger partial charge in [-0.05, 0) is 11.6 Å². The third-order valence-electron chi connectivity index (χ3n) is 4.03. The molecule has 0 spiro atoms. The predicted octanol–water partition coefficient (Wildman–Crippen LogP) is 5.37. The van der Waals surface area contributed by atoms with E-state index in [4.69, 9.17) is 0 Å². The van der Waals surface area contributed by atoms with Crippen LogP contribution < -0.4 is 0 Å². The maximum Gasteiger partial charge on any atom is 0.224 e. The molecule has 1 aromatic carbocycles. The zero-order valence-corrected chi connectivity index (χ0v) is 18.0. The fourth-order valence-corrected chi connectivity index (χ4v) is 2.95. The number of aryl methyl sites for hydroxylation is 1. The Kier molecular flexibility index (Phi) is 9.09. The Hall–Kier alpha value is -2.95. The first kappa shape index (κ1) is 23.1. The maximum absolute atomic E-state index is 12.2. The van der Waals surface area contributed by atoms with Gasteiger partial charge in [-0.25, -0.2) is 4.68 Å². The molecule has 1 aromatic heterocycles. The number of amides is 1. The van der Waals surface area contributed by atoms with E-state index in [1.165, 1.54) is 6.42 Å². The third-order valence-corrected chi connectivity index (χ3v) is 4.03. The lowest BCUT2D eigenvalue weighted by atomic mass is 9.95. The molecular formula is C23H32N4O. The van der Waals surface area contributed by atoms with Gasteiger partial charge in [0.05, 0.1) is 17.9 Å². The van der Waals surface area contributed by atoms with Crippen LogP contribution in [0.2, 0.25) is 0 Å². The minimum absolute atomic E-state index is 0.0543. The van der Waals surface area contributed by atoms with Crippen molar-refractivity contribution in [3.63, 3.8) is 0 Å². The molecule has 150 valence electrons. The first-order valence-corrected chi connectivity index (χ1v) is 9.75. The van der Waals surface area contributed by atoms with E-state index in [0.717, 1.165) is 22.4 Å². The zero-order valence-electron chi connectivity index (χ0n) is 18.0. The molecule has 0 saturated heterocycles. The molecule has 5 heteroatoms. The van der Waals surface area contributed by atoms with Crippen LogP contribution in [-0.4, -0.2) is 25.8 Å². The molecule has 0 radical (unpaired) electrons. The predicted molar refractivity (Wildman–Crippen MR) is 117 cm³/mol. The van der Waals surface area contributed by atoms with Crippen LogP contribution >= 0.6 is 0 Å². The number of carbonyl (C=O) groups is 1. The zero-order chi connectivity index (χ0) is 21.3. The van der Waals surface area contributed by atoms with Gasteiger partial charge in [-0.2, -0.15) is 0 Å². The van der Waals surface area contributed by atoms with Crippen LogP contribution in [-0.2, 0) is 18.4 Å². The molecule has 2 heterocycles. The van der Waals surface area contributed by atoms with E-state index < -0.39 is 0 Å². The summed E-state index contributed by atoms with van der Waals surface area (Å²) in [5.41, 5.74) is 5.13. The van der Waals surface area contributed by atoms with Crippen LogP contribution in [0.4, 0.5) is 0 Å². The molecule has 2 aromatic rings. The fraction of sp³-hybridized carbons (Fsp3) is 0.348. The lowest BCUT2D eigenvalue weighted by Crippen LogP contribution is -2.28. The third kappa shape index (κ3) is 4.66. The lowest BCUT2D eigenvalue weighted by Gasteiger charge is -2.27. The SMILES string of the molecule is C=C/C1=C(\C=C)N(C(C)=O)Cc2ccccc2-c2c1nnn2C.CC.CCC. The number of benzene rings is 1. The normalized spacial score (nSPS) is 14.7. The van der Waals surface area contributed by atoms with Crippen molar-refractivity contribution in [2.24, 2.45) is 7.05 Å². The van der Waals surface area contributed by atoms with Crippen LogP contribution in [0.3, 0.4) is 0 Å². The van der Waals surface area contributed by atoms with E-state index in [1.54, 1.807) is 28.7 Å². The molecule has 0 N–H and O–H groups in total. The molecular weight excluding hydrogens is 348 g/mol. The van der Waals surface area contributed by atoms with Crippen molar-refractivity contribution in [2.75, 3.05) is 0 Å². The van der Waals surface area contributed by atoms with Gasteiger partial charge in [0.25, 0.3) is 0 Å². The van der Waals surface area contributed by atoms with Gasteiger partial charge in [-0.1, -0.05) is 82.8 Å². The number of rotatable bonds is 2. The Labute approximate surface area is 169 Å². The van der Waals surface area contributed by atoms with Gasteiger partial charge < -0.3 is 4.90 Å². The lowest BCUT2D eigenvalue weighted by molar-refractivity contribution is -0.127. The first-order valence-electron chi connectivity index (χ1n) is 9.75. The largest absolute Gasteiger partial charge is 0.308 e. The Bertz CT molecular complexity index is 861. The highest BCUT2D eigenvalue weighted by molar-refractivity contribution is 5.89. The maximum atomic E-state index is 12.2. The molecule has 0 aliphatic carbocycles. The highest BCUT2D eigenvalue weighted by Crippen LogP contribution is 2.36. The standard InChI is InChI=1S/C18H18N4O.C3H8.C2H6/c1-5-14-16(6-2)22(12(3)23)11-13-9-7-8-10-15(13)18-17(14)19-20-21(18)4;1-3-2;1-2/h5-10H,1-2,11H2,3-4H3;3H2,1-2H3;1-2H3/b16-14-;;. The van der Waals surface area contributed by atoms with Crippen molar-refractivity contribution in [1.29, 1.82) is 0 Å². The van der Waals surface area contributed by atoms with Crippen molar-refractivity contribution in [3.05, 3.63) is 66.5 Å². The average Bonchev–Trinajstić information content (AvgIpc) is 3.06. The number of aromatic nitrogens is 3. The first-order chi connectivity index (χ1) is 13.5. The molecule has 3 rings (SSSR count). The molecule has 28 heavy (non-hydrogen) atoms. The Morgan fingerprint density at radius 3 is 2.32 bits per heavy atom. The summed E-state index contributed by atoms with van der Waals surface area (Å²) >= 11 is 0. The molecule has 0 bridgehead atoms. The minimum Gasteiger partial charge on any atom is -0.308 e. The smallest absolute Gasteiger partial charge is 0.224 e. The summed E-state index contributed by atoms with van der Waals surface area (Å²) in [5.74, 6) is -0.0543. The molecule has 5 nitrogen and oxygen atoms in total.